The van der Waals surface area contributed by atoms with Gasteiger partial charge in [-0.3, -0.25) is 4.79 Å². The molecule has 7 nitrogen and oxygen atoms in total. The second-order valence-corrected chi connectivity index (χ2v) is 9.14. The summed E-state index contributed by atoms with van der Waals surface area (Å²) in [7, 11) is -4.49. The van der Waals surface area contributed by atoms with Crippen LogP contribution in [-0.4, -0.2) is 61.4 Å². The molecule has 0 bridgehead atoms. The predicted octanol–water partition coefficient (Wildman–Crippen LogP) is 1.80. The van der Waals surface area contributed by atoms with Gasteiger partial charge in [-0.05, 0) is 25.5 Å². The van der Waals surface area contributed by atoms with Crippen molar-refractivity contribution < 1.29 is 32.2 Å². The molecular weight excluding hydrogens is 377 g/mol. The summed E-state index contributed by atoms with van der Waals surface area (Å²) in [6, 6.07) is 5.35. The highest BCUT2D eigenvalue weighted by Gasteiger charge is 2.49. The molecule has 1 aliphatic rings. The van der Waals surface area contributed by atoms with E-state index < -0.39 is 32.0 Å². The summed E-state index contributed by atoms with van der Waals surface area (Å²) in [5.74, 6) is -1.79. The van der Waals surface area contributed by atoms with Crippen molar-refractivity contribution >= 4 is 27.8 Å². The Labute approximate surface area is 157 Å². The third-order valence-electron chi connectivity index (χ3n) is 4.41. The molecule has 1 heterocycles. The second kappa shape index (κ2) is 8.18. The van der Waals surface area contributed by atoms with Gasteiger partial charge in [0.05, 0.1) is 13.2 Å². The van der Waals surface area contributed by atoms with Crippen LogP contribution in [0, 0.1) is 0 Å². The normalized spacial score (nSPS) is 17.1. The average Bonchev–Trinajstić information content (AvgIpc) is 2.66. The van der Waals surface area contributed by atoms with Gasteiger partial charge in [-0.2, -0.15) is 0 Å². The topological polar surface area (TPSA) is 101 Å². The van der Waals surface area contributed by atoms with Crippen molar-refractivity contribution in [2.24, 2.45) is 0 Å². The molecule has 0 aromatic heterocycles. The summed E-state index contributed by atoms with van der Waals surface area (Å²) in [6.07, 6.45) is 2.22. The van der Waals surface area contributed by atoms with Gasteiger partial charge in [-0.25, -0.2) is 17.6 Å². The molecule has 1 amide bonds. The maximum Gasteiger partial charge on any atom is 0.328 e. The third-order valence-corrected chi connectivity index (χ3v) is 6.83. The van der Waals surface area contributed by atoms with Gasteiger partial charge in [0, 0.05) is 24.7 Å². The second-order valence-electron chi connectivity index (χ2n) is 6.61. The molecule has 0 radical (unpaired) electrons. The molecular formula is C18H22FNO6S. The van der Waals surface area contributed by atoms with Crippen LogP contribution in [0.2, 0.25) is 0 Å². The number of sulfone groups is 1. The monoisotopic (exact) mass is 399 g/mol. The number of carboxylic acid groups (broad SMARTS) is 1. The SMILES string of the molecule is CC(C)(C(=O)N1CCOCC1)S(=O)(=O)[C@H](F)c1ccc(/C=C/C(=O)O)cc1. The van der Waals surface area contributed by atoms with E-state index in [4.69, 9.17) is 9.84 Å². The van der Waals surface area contributed by atoms with Gasteiger partial charge in [0.1, 0.15) is 4.75 Å². The standard InChI is InChI=1S/C18H22FNO6S/c1-18(2,17(23)20-9-11-26-12-10-20)27(24,25)16(19)14-6-3-13(4-7-14)5-8-15(21)22/h3-8,16H,9-12H2,1-2H3,(H,21,22)/b8-5+/t16-/m0/s1. The van der Waals surface area contributed by atoms with E-state index >= 15 is 0 Å². The Hall–Kier alpha value is -2.26. The lowest BCUT2D eigenvalue weighted by Gasteiger charge is -2.34. The third kappa shape index (κ3) is 4.54. The molecule has 148 valence electrons. The lowest BCUT2D eigenvalue weighted by Crippen LogP contribution is -2.53. The molecule has 1 N–H and O–H groups in total. The molecule has 1 aromatic rings. The van der Waals surface area contributed by atoms with Crippen molar-refractivity contribution in [3.8, 4) is 0 Å². The number of carboxylic acids is 1. The highest BCUT2D eigenvalue weighted by atomic mass is 32.2. The quantitative estimate of drug-likeness (QED) is 0.732. The van der Waals surface area contributed by atoms with E-state index in [-0.39, 0.29) is 18.7 Å². The molecule has 1 atom stereocenters. The van der Waals surface area contributed by atoms with Crippen LogP contribution in [0.25, 0.3) is 6.08 Å². The number of carbonyl (C=O) groups excluding carboxylic acids is 1. The van der Waals surface area contributed by atoms with Gasteiger partial charge >= 0.3 is 5.97 Å². The average molecular weight is 399 g/mol. The van der Waals surface area contributed by atoms with Crippen molar-refractivity contribution in [1.82, 2.24) is 4.90 Å². The minimum absolute atomic E-state index is 0.120. The first-order chi connectivity index (χ1) is 12.6. The van der Waals surface area contributed by atoms with Crippen LogP contribution in [0.3, 0.4) is 0 Å². The zero-order chi connectivity index (χ0) is 20.2. The van der Waals surface area contributed by atoms with Gasteiger partial charge in [0.25, 0.3) is 0 Å². The largest absolute Gasteiger partial charge is 0.478 e. The van der Waals surface area contributed by atoms with Crippen molar-refractivity contribution in [2.45, 2.75) is 24.1 Å². The highest BCUT2D eigenvalue weighted by molar-refractivity contribution is 7.93. The van der Waals surface area contributed by atoms with E-state index in [2.05, 4.69) is 0 Å². The first kappa shape index (κ1) is 21.0. The number of alkyl halides is 1. The Morgan fingerprint density at radius 2 is 1.78 bits per heavy atom. The molecule has 1 saturated heterocycles. The first-order valence-corrected chi connectivity index (χ1v) is 9.87. The van der Waals surface area contributed by atoms with Crippen LogP contribution in [-0.2, 0) is 24.2 Å². The summed E-state index contributed by atoms with van der Waals surface area (Å²) < 4.78 is 43.7. The molecule has 2 rings (SSSR count). The molecule has 9 heteroatoms. The zero-order valence-electron chi connectivity index (χ0n) is 15.1. The summed E-state index contributed by atoms with van der Waals surface area (Å²) >= 11 is 0. The molecule has 1 aromatic carbocycles. The molecule has 0 unspecified atom stereocenters. The van der Waals surface area contributed by atoms with Gasteiger partial charge < -0.3 is 14.7 Å². The Morgan fingerprint density at radius 1 is 1.22 bits per heavy atom. The number of ether oxygens (including phenoxy) is 1. The van der Waals surface area contributed by atoms with Crippen LogP contribution in [0.5, 0.6) is 0 Å². The van der Waals surface area contributed by atoms with Crippen LogP contribution in [0.1, 0.15) is 30.5 Å². The lowest BCUT2D eigenvalue weighted by atomic mass is 10.1. The Kier molecular flexibility index (Phi) is 6.38. The summed E-state index contributed by atoms with van der Waals surface area (Å²) in [5.41, 5.74) is -2.02. The number of amides is 1. The lowest BCUT2D eigenvalue weighted by molar-refractivity contribution is -0.137. The van der Waals surface area contributed by atoms with Gasteiger partial charge in [-0.1, -0.05) is 24.3 Å². The fraction of sp³-hybridized carbons (Fsp3) is 0.444. The minimum Gasteiger partial charge on any atom is -0.478 e. The number of morpholine rings is 1. The highest BCUT2D eigenvalue weighted by Crippen LogP contribution is 2.34. The zero-order valence-corrected chi connectivity index (χ0v) is 15.9. The molecule has 0 saturated carbocycles. The van der Waals surface area contributed by atoms with Crippen LogP contribution >= 0.6 is 0 Å². The predicted molar refractivity (Wildman–Crippen MR) is 97.4 cm³/mol. The molecule has 0 spiro atoms. The van der Waals surface area contributed by atoms with Crippen LogP contribution < -0.4 is 0 Å². The number of rotatable bonds is 6. The first-order valence-electron chi connectivity index (χ1n) is 8.33. The summed E-state index contributed by atoms with van der Waals surface area (Å²) in [6.45, 7) is 3.56. The maximum atomic E-state index is 14.9. The molecule has 0 aliphatic carbocycles. The van der Waals surface area contributed by atoms with E-state index in [1.165, 1.54) is 49.1 Å². The molecule has 1 fully saturated rings. The van der Waals surface area contributed by atoms with E-state index in [1.807, 2.05) is 0 Å². The number of carbonyl (C=O) groups is 2. The van der Waals surface area contributed by atoms with Crippen molar-refractivity contribution in [3.63, 3.8) is 0 Å². The van der Waals surface area contributed by atoms with Gasteiger partial charge in [0.15, 0.2) is 0 Å². The Balaban J connectivity index is 2.23. The maximum absolute atomic E-state index is 14.9. The summed E-state index contributed by atoms with van der Waals surface area (Å²) in [5, 5.41) is 8.60. The minimum atomic E-state index is -4.49. The van der Waals surface area contributed by atoms with Crippen LogP contribution in [0.4, 0.5) is 4.39 Å². The number of halogens is 1. The van der Waals surface area contributed by atoms with E-state index in [9.17, 15) is 22.4 Å². The van der Waals surface area contributed by atoms with E-state index in [1.54, 1.807) is 0 Å². The molecule has 27 heavy (non-hydrogen) atoms. The molecule has 1 aliphatic heterocycles. The van der Waals surface area contributed by atoms with Gasteiger partial charge in [0.2, 0.25) is 21.2 Å². The number of hydrogen-bond donors (Lipinski definition) is 1. The van der Waals surface area contributed by atoms with Crippen molar-refractivity contribution in [2.75, 3.05) is 26.3 Å². The van der Waals surface area contributed by atoms with Crippen molar-refractivity contribution in [1.29, 1.82) is 0 Å². The number of aliphatic carboxylic acids is 1. The smallest absolute Gasteiger partial charge is 0.328 e. The van der Waals surface area contributed by atoms with E-state index in [0.29, 0.717) is 18.8 Å². The number of nitrogens with zero attached hydrogens (tertiary/aromatic N) is 1. The van der Waals surface area contributed by atoms with Crippen LogP contribution in [0.15, 0.2) is 30.3 Å². The van der Waals surface area contributed by atoms with Crippen molar-refractivity contribution in [3.05, 3.63) is 41.5 Å². The summed E-state index contributed by atoms with van der Waals surface area (Å²) in [4.78, 5) is 24.5. The van der Waals surface area contributed by atoms with Gasteiger partial charge in [-0.15, -0.1) is 0 Å². The fourth-order valence-electron chi connectivity index (χ4n) is 2.63. The Bertz CT molecular complexity index is 826. The van der Waals surface area contributed by atoms with E-state index in [0.717, 1.165) is 6.08 Å². The number of benzene rings is 1. The Morgan fingerprint density at radius 3 is 2.30 bits per heavy atom. The number of hydrogen-bond acceptors (Lipinski definition) is 5. The fourth-order valence-corrected chi connectivity index (χ4v) is 4.04.